The van der Waals surface area contributed by atoms with Crippen LogP contribution in [0.3, 0.4) is 0 Å². The van der Waals surface area contributed by atoms with Crippen LogP contribution in [-0.4, -0.2) is 48.7 Å². The summed E-state index contributed by atoms with van der Waals surface area (Å²) in [5, 5.41) is 0. The van der Waals surface area contributed by atoms with E-state index in [1.54, 1.807) is 11.8 Å². The lowest BCUT2D eigenvalue weighted by Gasteiger charge is -2.26. The maximum Gasteiger partial charge on any atom is 0.325 e. The highest BCUT2D eigenvalue weighted by Crippen LogP contribution is 2.17. The van der Waals surface area contributed by atoms with Crippen LogP contribution >= 0.6 is 0 Å². The van der Waals surface area contributed by atoms with Gasteiger partial charge in [0.1, 0.15) is 6.54 Å². The molecule has 0 N–H and O–H groups in total. The van der Waals surface area contributed by atoms with Crippen molar-refractivity contribution in [2.24, 2.45) is 0 Å². The van der Waals surface area contributed by atoms with Crippen molar-refractivity contribution in [2.75, 3.05) is 19.8 Å². The van der Waals surface area contributed by atoms with Gasteiger partial charge in [-0.25, -0.2) is 0 Å². The highest BCUT2D eigenvalue weighted by Gasteiger charge is 2.25. The Hall–Kier alpha value is -1.10. The Kier molecular flexibility index (Phi) is 6.12. The summed E-state index contributed by atoms with van der Waals surface area (Å²) in [6.45, 7) is 6.64. The summed E-state index contributed by atoms with van der Waals surface area (Å²) >= 11 is 0. The molecule has 5 heteroatoms. The Labute approximate surface area is 108 Å². The fourth-order valence-electron chi connectivity index (χ4n) is 2.02. The first kappa shape index (κ1) is 15.0. The predicted octanol–water partition coefficient (Wildman–Crippen LogP) is 1.36. The standard InChI is InChI=1S/C13H23NO4/c1-4-17-13(16)9-14(10(2)3)12(15)8-11-6-5-7-18-11/h10-11H,4-9H2,1-3H3. The van der Waals surface area contributed by atoms with Crippen LogP contribution in [-0.2, 0) is 19.1 Å². The van der Waals surface area contributed by atoms with E-state index in [9.17, 15) is 9.59 Å². The molecule has 18 heavy (non-hydrogen) atoms. The maximum atomic E-state index is 12.1. The average molecular weight is 257 g/mol. The molecule has 0 bridgehead atoms. The number of carbonyl (C=O) groups is 2. The molecular formula is C13H23NO4. The highest BCUT2D eigenvalue weighted by atomic mass is 16.5. The number of esters is 1. The van der Waals surface area contributed by atoms with E-state index in [1.165, 1.54) is 0 Å². The molecule has 1 unspecified atom stereocenters. The van der Waals surface area contributed by atoms with Crippen LogP contribution in [0.2, 0.25) is 0 Å². The van der Waals surface area contributed by atoms with Crippen LogP contribution in [0.25, 0.3) is 0 Å². The third-order valence-electron chi connectivity index (χ3n) is 2.97. The second-order valence-corrected chi connectivity index (χ2v) is 4.76. The molecule has 104 valence electrons. The molecule has 0 spiro atoms. The summed E-state index contributed by atoms with van der Waals surface area (Å²) in [6, 6.07) is -0.0108. The molecule has 0 aromatic rings. The molecule has 0 aromatic carbocycles. The van der Waals surface area contributed by atoms with Gasteiger partial charge in [0.05, 0.1) is 19.1 Å². The number of hydrogen-bond acceptors (Lipinski definition) is 4. The van der Waals surface area contributed by atoms with Crippen LogP contribution in [0, 0.1) is 0 Å². The van der Waals surface area contributed by atoms with Gasteiger partial charge in [-0.2, -0.15) is 0 Å². The molecule has 1 saturated heterocycles. The Morgan fingerprint density at radius 3 is 2.67 bits per heavy atom. The second kappa shape index (κ2) is 7.36. The van der Waals surface area contributed by atoms with Gasteiger partial charge in [-0.1, -0.05) is 0 Å². The molecule has 1 rings (SSSR count). The fraction of sp³-hybridized carbons (Fsp3) is 0.846. The van der Waals surface area contributed by atoms with Crippen molar-refractivity contribution >= 4 is 11.9 Å². The summed E-state index contributed by atoms with van der Waals surface area (Å²) in [6.07, 6.45) is 2.31. The number of carbonyl (C=O) groups excluding carboxylic acids is 2. The zero-order valence-electron chi connectivity index (χ0n) is 11.5. The van der Waals surface area contributed by atoms with E-state index in [0.717, 1.165) is 19.4 Å². The van der Waals surface area contributed by atoms with E-state index in [1.807, 2.05) is 13.8 Å². The minimum atomic E-state index is -0.355. The van der Waals surface area contributed by atoms with Crippen LogP contribution in [0.15, 0.2) is 0 Å². The molecule has 0 radical (unpaired) electrons. The van der Waals surface area contributed by atoms with Gasteiger partial charge in [-0.3, -0.25) is 9.59 Å². The Morgan fingerprint density at radius 2 is 2.17 bits per heavy atom. The number of amides is 1. The van der Waals surface area contributed by atoms with E-state index in [4.69, 9.17) is 9.47 Å². The SMILES string of the molecule is CCOC(=O)CN(C(=O)CC1CCCO1)C(C)C. The molecular weight excluding hydrogens is 234 g/mol. The van der Waals surface area contributed by atoms with Crippen molar-refractivity contribution < 1.29 is 19.1 Å². The maximum absolute atomic E-state index is 12.1. The number of ether oxygens (including phenoxy) is 2. The topological polar surface area (TPSA) is 55.8 Å². The van der Waals surface area contributed by atoms with E-state index in [2.05, 4.69) is 0 Å². The normalized spacial score (nSPS) is 19.0. The van der Waals surface area contributed by atoms with Gasteiger partial charge in [0.25, 0.3) is 0 Å². The monoisotopic (exact) mass is 257 g/mol. The lowest BCUT2D eigenvalue weighted by atomic mass is 10.1. The smallest absolute Gasteiger partial charge is 0.325 e. The number of nitrogens with zero attached hydrogens (tertiary/aromatic N) is 1. The number of hydrogen-bond donors (Lipinski definition) is 0. The van der Waals surface area contributed by atoms with E-state index in [-0.39, 0.29) is 30.6 Å². The molecule has 1 aliphatic heterocycles. The summed E-state index contributed by atoms with van der Waals surface area (Å²) in [7, 11) is 0. The van der Waals surface area contributed by atoms with Crippen molar-refractivity contribution in [3.05, 3.63) is 0 Å². The van der Waals surface area contributed by atoms with Crippen LogP contribution in [0.1, 0.15) is 40.0 Å². The van der Waals surface area contributed by atoms with Crippen molar-refractivity contribution in [3.8, 4) is 0 Å². The largest absolute Gasteiger partial charge is 0.465 e. The molecule has 1 atom stereocenters. The van der Waals surface area contributed by atoms with Gasteiger partial charge in [0.15, 0.2) is 0 Å². The van der Waals surface area contributed by atoms with Gasteiger partial charge in [0.2, 0.25) is 5.91 Å². The minimum Gasteiger partial charge on any atom is -0.465 e. The number of rotatable bonds is 6. The lowest BCUT2D eigenvalue weighted by Crippen LogP contribution is -2.42. The molecule has 1 amide bonds. The van der Waals surface area contributed by atoms with E-state index < -0.39 is 0 Å². The molecule has 1 fully saturated rings. The van der Waals surface area contributed by atoms with Gasteiger partial charge < -0.3 is 14.4 Å². The minimum absolute atomic E-state index is 0.0108. The van der Waals surface area contributed by atoms with Crippen LogP contribution in [0.5, 0.6) is 0 Å². The first-order chi connectivity index (χ1) is 8.54. The predicted molar refractivity (Wildman–Crippen MR) is 67.1 cm³/mol. The first-order valence-electron chi connectivity index (χ1n) is 6.61. The zero-order chi connectivity index (χ0) is 13.5. The molecule has 0 aromatic heterocycles. The molecule has 0 aliphatic carbocycles. The van der Waals surface area contributed by atoms with E-state index >= 15 is 0 Å². The molecule has 0 saturated carbocycles. The molecule has 1 heterocycles. The quantitative estimate of drug-likeness (QED) is 0.674. The van der Waals surface area contributed by atoms with Crippen molar-refractivity contribution in [1.29, 1.82) is 0 Å². The third kappa shape index (κ3) is 4.64. The van der Waals surface area contributed by atoms with Gasteiger partial charge in [-0.15, -0.1) is 0 Å². The highest BCUT2D eigenvalue weighted by molar-refractivity contribution is 5.82. The molecule has 1 aliphatic rings. The first-order valence-corrected chi connectivity index (χ1v) is 6.61. The second-order valence-electron chi connectivity index (χ2n) is 4.76. The third-order valence-corrected chi connectivity index (χ3v) is 2.97. The fourth-order valence-corrected chi connectivity index (χ4v) is 2.02. The van der Waals surface area contributed by atoms with Crippen molar-refractivity contribution in [2.45, 2.75) is 52.2 Å². The Bertz CT molecular complexity index is 285. The van der Waals surface area contributed by atoms with Crippen molar-refractivity contribution in [1.82, 2.24) is 4.90 Å². The van der Waals surface area contributed by atoms with E-state index in [0.29, 0.717) is 13.0 Å². The zero-order valence-corrected chi connectivity index (χ0v) is 11.5. The summed E-state index contributed by atoms with van der Waals surface area (Å²) in [4.78, 5) is 25.1. The lowest BCUT2D eigenvalue weighted by molar-refractivity contribution is -0.150. The van der Waals surface area contributed by atoms with Crippen LogP contribution in [0.4, 0.5) is 0 Å². The van der Waals surface area contributed by atoms with Crippen LogP contribution < -0.4 is 0 Å². The average Bonchev–Trinajstić information content (AvgIpc) is 2.78. The van der Waals surface area contributed by atoms with Crippen molar-refractivity contribution in [3.63, 3.8) is 0 Å². The summed E-state index contributed by atoms with van der Waals surface area (Å²) in [5.74, 6) is -0.392. The van der Waals surface area contributed by atoms with Gasteiger partial charge in [-0.05, 0) is 33.6 Å². The summed E-state index contributed by atoms with van der Waals surface area (Å²) < 4.78 is 10.3. The molecule has 5 nitrogen and oxygen atoms in total. The van der Waals surface area contributed by atoms with Gasteiger partial charge >= 0.3 is 5.97 Å². The Balaban J connectivity index is 2.49. The Morgan fingerprint density at radius 1 is 1.44 bits per heavy atom. The van der Waals surface area contributed by atoms with Gasteiger partial charge in [0, 0.05) is 12.6 Å². The summed E-state index contributed by atoms with van der Waals surface area (Å²) in [5.41, 5.74) is 0.